The van der Waals surface area contributed by atoms with Crippen molar-refractivity contribution in [3.05, 3.63) is 53.6 Å². The van der Waals surface area contributed by atoms with Gasteiger partial charge in [0.1, 0.15) is 5.82 Å². The summed E-state index contributed by atoms with van der Waals surface area (Å²) in [5.41, 5.74) is 1.54. The van der Waals surface area contributed by atoms with Crippen molar-refractivity contribution in [3.8, 4) is 0 Å². The normalized spacial score (nSPS) is 14.0. The van der Waals surface area contributed by atoms with Crippen LogP contribution in [0.25, 0.3) is 0 Å². The van der Waals surface area contributed by atoms with Crippen molar-refractivity contribution < 1.29 is 9.18 Å². The maximum Gasteiger partial charge on any atom is 0.225 e. The van der Waals surface area contributed by atoms with Crippen molar-refractivity contribution in [2.24, 2.45) is 4.99 Å². The van der Waals surface area contributed by atoms with Crippen LogP contribution in [0.1, 0.15) is 24.5 Å². The molecule has 3 rings (SSSR count). The average molecular weight is 555 g/mol. The van der Waals surface area contributed by atoms with Crippen LogP contribution in [-0.2, 0) is 11.3 Å². The van der Waals surface area contributed by atoms with E-state index in [9.17, 15) is 9.18 Å². The van der Waals surface area contributed by atoms with Crippen molar-refractivity contribution in [1.82, 2.24) is 25.5 Å². The molecular weight excluding hydrogens is 524 g/mol. The third-order valence-electron chi connectivity index (χ3n) is 5.08. The molecule has 1 amide bonds. The molecule has 1 fully saturated rings. The summed E-state index contributed by atoms with van der Waals surface area (Å²) in [6, 6.07) is 6.79. The number of nitrogens with one attached hydrogen (secondary N) is 2. The summed E-state index contributed by atoms with van der Waals surface area (Å²) >= 11 is 0. The van der Waals surface area contributed by atoms with Crippen molar-refractivity contribution in [2.75, 3.05) is 44.2 Å². The molecule has 2 heterocycles. The van der Waals surface area contributed by atoms with E-state index in [0.717, 1.165) is 18.7 Å². The monoisotopic (exact) mass is 555 g/mol. The molecule has 1 aromatic heterocycles. The van der Waals surface area contributed by atoms with Gasteiger partial charge in [-0.25, -0.2) is 19.4 Å². The predicted octanol–water partition coefficient (Wildman–Crippen LogP) is 2.34. The highest BCUT2D eigenvalue weighted by Gasteiger charge is 2.22. The Labute approximate surface area is 205 Å². The minimum atomic E-state index is -0.214. The van der Waals surface area contributed by atoms with E-state index in [4.69, 9.17) is 0 Å². The van der Waals surface area contributed by atoms with Gasteiger partial charge in [0.2, 0.25) is 11.9 Å². The number of amides is 1. The molecule has 0 bridgehead atoms. The number of piperazine rings is 1. The number of hydrogen-bond donors (Lipinski definition) is 2. The van der Waals surface area contributed by atoms with Gasteiger partial charge in [-0.1, -0.05) is 12.1 Å². The SMILES string of the molecule is CCNC(=NCc1ccc(F)c(C)c1)NCCC(=O)N1CCN(c2ncccn2)CC1.I. The Morgan fingerprint density at radius 3 is 2.53 bits per heavy atom. The van der Waals surface area contributed by atoms with Gasteiger partial charge in [0.15, 0.2) is 5.96 Å². The maximum atomic E-state index is 13.4. The first-order valence-corrected chi connectivity index (χ1v) is 10.6. The lowest BCUT2D eigenvalue weighted by atomic mass is 10.1. The van der Waals surface area contributed by atoms with E-state index in [1.807, 2.05) is 11.8 Å². The van der Waals surface area contributed by atoms with Crippen molar-refractivity contribution >= 4 is 41.8 Å². The Hall–Kier alpha value is -2.50. The van der Waals surface area contributed by atoms with E-state index in [-0.39, 0.29) is 35.7 Å². The van der Waals surface area contributed by atoms with E-state index in [2.05, 4.69) is 30.5 Å². The number of aliphatic imine (C=N–C) groups is 1. The standard InChI is InChI=1S/C22H30FN7O.HI/c1-3-24-21(28-16-18-5-6-19(23)17(2)15-18)25-10-7-20(31)29-11-13-30(14-12-29)22-26-8-4-9-27-22;/h4-6,8-9,15H,3,7,10-14,16H2,1-2H3,(H2,24,25,28);1H. The molecule has 174 valence electrons. The van der Waals surface area contributed by atoms with Gasteiger partial charge in [-0.15, -0.1) is 24.0 Å². The number of benzene rings is 1. The molecule has 32 heavy (non-hydrogen) atoms. The molecule has 0 saturated carbocycles. The number of guanidine groups is 1. The van der Waals surface area contributed by atoms with Gasteiger partial charge >= 0.3 is 0 Å². The van der Waals surface area contributed by atoms with Gasteiger partial charge in [0.05, 0.1) is 6.54 Å². The minimum Gasteiger partial charge on any atom is -0.357 e. The predicted molar refractivity (Wildman–Crippen MR) is 135 cm³/mol. The van der Waals surface area contributed by atoms with Crippen LogP contribution < -0.4 is 15.5 Å². The Morgan fingerprint density at radius 1 is 1.16 bits per heavy atom. The van der Waals surface area contributed by atoms with Gasteiger partial charge in [0, 0.05) is 58.1 Å². The number of halogens is 2. The quantitative estimate of drug-likeness (QED) is 0.310. The summed E-state index contributed by atoms with van der Waals surface area (Å²) in [4.78, 5) is 29.6. The number of carbonyl (C=O) groups is 1. The number of aromatic nitrogens is 2. The number of anilines is 1. The highest BCUT2D eigenvalue weighted by Crippen LogP contribution is 2.11. The van der Waals surface area contributed by atoms with E-state index >= 15 is 0 Å². The molecule has 0 atom stereocenters. The fourth-order valence-electron chi connectivity index (χ4n) is 3.37. The summed E-state index contributed by atoms with van der Waals surface area (Å²) < 4.78 is 13.4. The van der Waals surface area contributed by atoms with Gasteiger partial charge in [-0.2, -0.15) is 0 Å². The van der Waals surface area contributed by atoms with Gasteiger partial charge in [0.25, 0.3) is 0 Å². The van der Waals surface area contributed by atoms with Crippen molar-refractivity contribution in [3.63, 3.8) is 0 Å². The molecule has 2 aromatic rings. The van der Waals surface area contributed by atoms with E-state index < -0.39 is 0 Å². The van der Waals surface area contributed by atoms with Gasteiger partial charge in [-0.05, 0) is 37.1 Å². The fourth-order valence-corrected chi connectivity index (χ4v) is 3.37. The molecule has 2 N–H and O–H groups in total. The van der Waals surface area contributed by atoms with Gasteiger partial charge in [-0.3, -0.25) is 4.79 Å². The second-order valence-corrected chi connectivity index (χ2v) is 7.37. The molecule has 0 radical (unpaired) electrons. The lowest BCUT2D eigenvalue weighted by molar-refractivity contribution is -0.131. The molecule has 0 spiro atoms. The number of rotatable bonds is 7. The zero-order valence-corrected chi connectivity index (χ0v) is 20.9. The highest BCUT2D eigenvalue weighted by atomic mass is 127. The van der Waals surface area contributed by atoms with Crippen LogP contribution >= 0.6 is 24.0 Å². The van der Waals surface area contributed by atoms with Crippen molar-refractivity contribution in [1.29, 1.82) is 0 Å². The first kappa shape index (κ1) is 25.8. The first-order valence-electron chi connectivity index (χ1n) is 10.6. The summed E-state index contributed by atoms with van der Waals surface area (Å²) in [6.07, 6.45) is 3.85. The number of nitrogens with zero attached hydrogens (tertiary/aromatic N) is 5. The molecule has 1 saturated heterocycles. The molecule has 0 aliphatic carbocycles. The van der Waals surface area contributed by atoms with E-state index in [1.54, 1.807) is 37.5 Å². The third-order valence-corrected chi connectivity index (χ3v) is 5.08. The molecule has 10 heteroatoms. The smallest absolute Gasteiger partial charge is 0.225 e. The van der Waals surface area contributed by atoms with Crippen molar-refractivity contribution in [2.45, 2.75) is 26.8 Å². The minimum absolute atomic E-state index is 0. The van der Waals surface area contributed by atoms with Crippen LogP contribution in [0.2, 0.25) is 0 Å². The summed E-state index contributed by atoms with van der Waals surface area (Å²) in [5.74, 6) is 1.25. The topological polar surface area (TPSA) is 85.8 Å². The average Bonchev–Trinajstić information content (AvgIpc) is 2.80. The summed E-state index contributed by atoms with van der Waals surface area (Å²) in [6.45, 7) is 8.15. The van der Waals surface area contributed by atoms with E-state index in [0.29, 0.717) is 56.6 Å². The third kappa shape index (κ3) is 7.57. The lowest BCUT2D eigenvalue weighted by Crippen LogP contribution is -2.50. The largest absolute Gasteiger partial charge is 0.357 e. The zero-order chi connectivity index (χ0) is 22.1. The van der Waals surface area contributed by atoms with Crippen LogP contribution in [0.15, 0.2) is 41.7 Å². The fraction of sp³-hybridized carbons (Fsp3) is 0.455. The van der Waals surface area contributed by atoms with Crippen LogP contribution in [0.4, 0.5) is 10.3 Å². The lowest BCUT2D eigenvalue weighted by Gasteiger charge is -2.34. The summed E-state index contributed by atoms with van der Waals surface area (Å²) in [5, 5.41) is 6.38. The molecule has 1 aliphatic rings. The van der Waals surface area contributed by atoms with Crippen LogP contribution in [0.3, 0.4) is 0 Å². The maximum absolute atomic E-state index is 13.4. The second-order valence-electron chi connectivity index (χ2n) is 7.37. The highest BCUT2D eigenvalue weighted by molar-refractivity contribution is 14.0. The summed E-state index contributed by atoms with van der Waals surface area (Å²) in [7, 11) is 0. The van der Waals surface area contributed by atoms with Crippen LogP contribution in [0.5, 0.6) is 0 Å². The molecule has 0 unspecified atom stereocenters. The second kappa shape index (κ2) is 13.1. The van der Waals surface area contributed by atoms with E-state index in [1.165, 1.54) is 6.07 Å². The molecular formula is C22H31FIN7O. The molecule has 1 aliphatic heterocycles. The van der Waals surface area contributed by atoms with Crippen LogP contribution in [0, 0.1) is 12.7 Å². The Balaban J connectivity index is 0.00000363. The Kier molecular flexibility index (Phi) is 10.6. The Bertz CT molecular complexity index is 889. The number of aryl methyl sites for hydroxylation is 1. The Morgan fingerprint density at radius 2 is 1.88 bits per heavy atom. The molecule has 1 aromatic carbocycles. The van der Waals surface area contributed by atoms with Crippen LogP contribution in [-0.4, -0.2) is 66.0 Å². The molecule has 8 nitrogen and oxygen atoms in total. The van der Waals surface area contributed by atoms with Gasteiger partial charge < -0.3 is 20.4 Å². The zero-order valence-electron chi connectivity index (χ0n) is 18.6. The number of carbonyl (C=O) groups excluding carboxylic acids is 1. The first-order chi connectivity index (χ1) is 15.1. The number of hydrogen-bond acceptors (Lipinski definition) is 5.